The maximum absolute atomic E-state index is 6.01. The van der Waals surface area contributed by atoms with Gasteiger partial charge in [-0.2, -0.15) is 0 Å². The van der Waals surface area contributed by atoms with E-state index >= 15 is 0 Å². The van der Waals surface area contributed by atoms with Crippen LogP contribution in [0.4, 0.5) is 0 Å². The van der Waals surface area contributed by atoms with Gasteiger partial charge in [0.2, 0.25) is 0 Å². The summed E-state index contributed by atoms with van der Waals surface area (Å²) >= 11 is 0. The Morgan fingerprint density at radius 3 is 1.60 bits per heavy atom. The lowest BCUT2D eigenvalue weighted by Gasteiger charge is -2.28. The highest BCUT2D eigenvalue weighted by molar-refractivity contribution is 4.76. The van der Waals surface area contributed by atoms with Crippen LogP contribution in [0.3, 0.4) is 0 Å². The summed E-state index contributed by atoms with van der Waals surface area (Å²) in [6, 6.07) is 0. The predicted molar refractivity (Wildman–Crippen MR) is 101 cm³/mol. The van der Waals surface area contributed by atoms with Crippen LogP contribution in [0, 0.1) is 0 Å². The van der Waals surface area contributed by atoms with E-state index in [0.717, 1.165) is 58.5 Å². The molecule has 0 unspecified atom stereocenters. The summed E-state index contributed by atoms with van der Waals surface area (Å²) in [5.41, 5.74) is 0. The van der Waals surface area contributed by atoms with Crippen molar-refractivity contribution >= 4 is 0 Å². The van der Waals surface area contributed by atoms with E-state index in [1.165, 1.54) is 51.4 Å². The highest BCUT2D eigenvalue weighted by atomic mass is 16.7. The number of rotatable bonds is 14. The van der Waals surface area contributed by atoms with Crippen molar-refractivity contribution in [2.45, 2.75) is 109 Å². The van der Waals surface area contributed by atoms with Crippen molar-refractivity contribution in [2.75, 3.05) is 26.4 Å². The zero-order chi connectivity index (χ0) is 17.8. The Morgan fingerprint density at radius 2 is 1.00 bits per heavy atom. The molecule has 2 fully saturated rings. The molecular weight excluding hydrogens is 316 g/mol. The second-order valence-corrected chi connectivity index (χ2v) is 7.87. The minimum atomic E-state index is -0.359. The standard InChI is InChI=1S/C21H40O4/c1-3-4-5-6-7-8-9-10-14-21(24-18-19-25-21)15-12-11-13-20(2)22-16-17-23-20/h3-19H2,1-2H3. The van der Waals surface area contributed by atoms with Gasteiger partial charge in [0.1, 0.15) is 0 Å². The van der Waals surface area contributed by atoms with Crippen LogP contribution < -0.4 is 0 Å². The number of hydrogen-bond donors (Lipinski definition) is 0. The second-order valence-electron chi connectivity index (χ2n) is 7.87. The van der Waals surface area contributed by atoms with Gasteiger partial charge in [-0.05, 0) is 26.2 Å². The third kappa shape index (κ3) is 7.94. The molecular formula is C21H40O4. The highest BCUT2D eigenvalue weighted by Gasteiger charge is 2.36. The van der Waals surface area contributed by atoms with Gasteiger partial charge in [0, 0.05) is 19.3 Å². The number of ether oxygens (including phenoxy) is 4. The highest BCUT2D eigenvalue weighted by Crippen LogP contribution is 2.33. The first-order valence-electron chi connectivity index (χ1n) is 10.7. The summed E-state index contributed by atoms with van der Waals surface area (Å²) in [5, 5.41) is 0. The molecule has 0 saturated carbocycles. The van der Waals surface area contributed by atoms with Crippen LogP contribution >= 0.6 is 0 Å². The predicted octanol–water partition coefficient (Wildman–Crippen LogP) is 5.58. The molecule has 148 valence electrons. The molecule has 4 nitrogen and oxygen atoms in total. The van der Waals surface area contributed by atoms with Crippen molar-refractivity contribution in [1.29, 1.82) is 0 Å². The summed E-state index contributed by atoms with van der Waals surface area (Å²) in [6.45, 7) is 7.28. The molecule has 25 heavy (non-hydrogen) atoms. The van der Waals surface area contributed by atoms with Crippen LogP contribution in [0.5, 0.6) is 0 Å². The fourth-order valence-electron chi connectivity index (χ4n) is 3.98. The minimum Gasteiger partial charge on any atom is -0.348 e. The molecule has 0 aromatic rings. The monoisotopic (exact) mass is 356 g/mol. The lowest BCUT2D eigenvalue weighted by molar-refractivity contribution is -0.172. The Labute approximate surface area is 154 Å². The zero-order valence-corrected chi connectivity index (χ0v) is 16.7. The second kappa shape index (κ2) is 11.5. The fourth-order valence-corrected chi connectivity index (χ4v) is 3.98. The molecule has 2 saturated heterocycles. The van der Waals surface area contributed by atoms with Crippen LogP contribution in [0.25, 0.3) is 0 Å². The van der Waals surface area contributed by atoms with E-state index in [2.05, 4.69) is 13.8 Å². The van der Waals surface area contributed by atoms with Gasteiger partial charge in [-0.1, -0.05) is 51.9 Å². The van der Waals surface area contributed by atoms with E-state index in [1.807, 2.05) is 0 Å². The van der Waals surface area contributed by atoms with Gasteiger partial charge in [-0.3, -0.25) is 0 Å². The molecule has 0 atom stereocenters. The van der Waals surface area contributed by atoms with Crippen molar-refractivity contribution in [3.05, 3.63) is 0 Å². The molecule has 0 aliphatic carbocycles. The van der Waals surface area contributed by atoms with Crippen LogP contribution in [-0.2, 0) is 18.9 Å². The number of unbranched alkanes of at least 4 members (excludes halogenated alkanes) is 8. The quantitative estimate of drug-likeness (QED) is 0.381. The molecule has 0 bridgehead atoms. The third-order valence-corrected chi connectivity index (χ3v) is 5.56. The van der Waals surface area contributed by atoms with E-state index in [9.17, 15) is 0 Å². The molecule has 2 aliphatic rings. The van der Waals surface area contributed by atoms with Gasteiger partial charge in [0.05, 0.1) is 26.4 Å². The molecule has 4 heteroatoms. The third-order valence-electron chi connectivity index (χ3n) is 5.56. The van der Waals surface area contributed by atoms with Crippen LogP contribution in [0.1, 0.15) is 97.3 Å². The molecule has 0 aromatic carbocycles. The summed E-state index contributed by atoms with van der Waals surface area (Å²) in [4.78, 5) is 0. The molecule has 0 aromatic heterocycles. The maximum Gasteiger partial charge on any atom is 0.168 e. The van der Waals surface area contributed by atoms with Crippen molar-refractivity contribution in [3.63, 3.8) is 0 Å². The Kier molecular flexibility index (Phi) is 9.75. The van der Waals surface area contributed by atoms with Crippen LogP contribution in [0.15, 0.2) is 0 Å². The maximum atomic E-state index is 6.01. The first-order chi connectivity index (χ1) is 12.2. The summed E-state index contributed by atoms with van der Waals surface area (Å²) in [5.74, 6) is -0.664. The van der Waals surface area contributed by atoms with Gasteiger partial charge >= 0.3 is 0 Å². The lowest BCUT2D eigenvalue weighted by atomic mass is 9.98. The zero-order valence-electron chi connectivity index (χ0n) is 16.7. The van der Waals surface area contributed by atoms with Crippen molar-refractivity contribution in [1.82, 2.24) is 0 Å². The smallest absolute Gasteiger partial charge is 0.168 e. The summed E-state index contributed by atoms with van der Waals surface area (Å²) < 4.78 is 23.4. The van der Waals surface area contributed by atoms with Gasteiger partial charge < -0.3 is 18.9 Å². The largest absolute Gasteiger partial charge is 0.348 e. The average Bonchev–Trinajstić information content (AvgIpc) is 3.25. The van der Waals surface area contributed by atoms with Gasteiger partial charge in [0.25, 0.3) is 0 Å². The van der Waals surface area contributed by atoms with Gasteiger partial charge in [0.15, 0.2) is 11.6 Å². The van der Waals surface area contributed by atoms with E-state index < -0.39 is 0 Å². The van der Waals surface area contributed by atoms with Crippen molar-refractivity contribution < 1.29 is 18.9 Å². The molecule has 0 radical (unpaired) electrons. The molecule has 2 aliphatic heterocycles. The van der Waals surface area contributed by atoms with Gasteiger partial charge in [-0.15, -0.1) is 0 Å². The Hall–Kier alpha value is -0.160. The van der Waals surface area contributed by atoms with Crippen LogP contribution in [0.2, 0.25) is 0 Å². The van der Waals surface area contributed by atoms with E-state index in [4.69, 9.17) is 18.9 Å². The fraction of sp³-hybridized carbons (Fsp3) is 1.00. The van der Waals surface area contributed by atoms with Crippen LogP contribution in [-0.4, -0.2) is 38.0 Å². The lowest BCUT2D eigenvalue weighted by Crippen LogP contribution is -2.30. The van der Waals surface area contributed by atoms with Crippen molar-refractivity contribution in [2.24, 2.45) is 0 Å². The Balaban J connectivity index is 1.55. The SMILES string of the molecule is CCCCCCCCCCC1(CCCCC2(C)OCCO2)OCCO1. The van der Waals surface area contributed by atoms with E-state index in [1.54, 1.807) is 0 Å². The average molecular weight is 357 g/mol. The summed E-state index contributed by atoms with van der Waals surface area (Å²) in [7, 11) is 0. The van der Waals surface area contributed by atoms with E-state index in [0.29, 0.717) is 0 Å². The first-order valence-corrected chi connectivity index (χ1v) is 10.7. The molecule has 0 spiro atoms. The Bertz CT molecular complexity index is 333. The molecule has 0 amide bonds. The van der Waals surface area contributed by atoms with Crippen molar-refractivity contribution in [3.8, 4) is 0 Å². The molecule has 2 heterocycles. The molecule has 2 rings (SSSR count). The number of hydrogen-bond acceptors (Lipinski definition) is 4. The topological polar surface area (TPSA) is 36.9 Å². The molecule has 0 N–H and O–H groups in total. The first kappa shape index (κ1) is 21.1. The normalized spacial score (nSPS) is 21.8. The van der Waals surface area contributed by atoms with E-state index in [-0.39, 0.29) is 11.6 Å². The summed E-state index contributed by atoms with van der Waals surface area (Å²) in [6.07, 6.45) is 16.0. The minimum absolute atomic E-state index is 0.305. The van der Waals surface area contributed by atoms with Gasteiger partial charge in [-0.25, -0.2) is 0 Å². The Morgan fingerprint density at radius 1 is 0.560 bits per heavy atom.